The van der Waals surface area contributed by atoms with Crippen molar-refractivity contribution in [2.24, 2.45) is 0 Å². The second kappa shape index (κ2) is 8.45. The molecule has 0 saturated heterocycles. The first-order chi connectivity index (χ1) is 13.8. The Kier molecular flexibility index (Phi) is 5.39. The van der Waals surface area contributed by atoms with Gasteiger partial charge >= 0.3 is 0 Å². The maximum absolute atomic E-state index is 3.80. The quantitative estimate of drug-likeness (QED) is 0.439. The zero-order valence-corrected chi connectivity index (χ0v) is 15.9. The van der Waals surface area contributed by atoms with Crippen LogP contribution in [0, 0.1) is 0 Å². The van der Waals surface area contributed by atoms with Crippen molar-refractivity contribution in [2.45, 2.75) is 13.1 Å². The summed E-state index contributed by atoms with van der Waals surface area (Å²) in [7, 11) is 0. The molecule has 2 nitrogen and oxygen atoms in total. The van der Waals surface area contributed by atoms with Crippen molar-refractivity contribution >= 4 is 6.08 Å². The van der Waals surface area contributed by atoms with Gasteiger partial charge in [0.2, 0.25) is 0 Å². The van der Waals surface area contributed by atoms with Crippen LogP contribution in [0.25, 0.3) is 17.2 Å². The third kappa shape index (κ3) is 4.41. The first kappa shape index (κ1) is 17.9. The summed E-state index contributed by atoms with van der Waals surface area (Å²) < 4.78 is 4.40. The van der Waals surface area contributed by atoms with Crippen molar-refractivity contribution < 1.29 is 9.13 Å². The van der Waals surface area contributed by atoms with E-state index in [0.29, 0.717) is 0 Å². The fourth-order valence-corrected chi connectivity index (χ4v) is 3.27. The smallest absolute Gasteiger partial charge is 0.173 e. The summed E-state index contributed by atoms with van der Waals surface area (Å²) in [6.07, 6.45) is 10.4. The molecule has 0 N–H and O–H groups in total. The van der Waals surface area contributed by atoms with Gasteiger partial charge in [0, 0.05) is 35.4 Å². The minimum absolute atomic E-state index is 0.865. The molecule has 0 amide bonds. The summed E-state index contributed by atoms with van der Waals surface area (Å²) in [6, 6.07) is 27.7. The summed E-state index contributed by atoms with van der Waals surface area (Å²) in [5.41, 5.74) is 6.20. The van der Waals surface area contributed by atoms with Crippen molar-refractivity contribution in [3.8, 4) is 11.1 Å². The molecule has 28 heavy (non-hydrogen) atoms. The molecule has 0 bridgehead atoms. The summed E-state index contributed by atoms with van der Waals surface area (Å²) >= 11 is 0. The fraction of sp³-hybridized carbons (Fsp3) is 0.0769. The van der Waals surface area contributed by atoms with Gasteiger partial charge in [0.25, 0.3) is 0 Å². The fourth-order valence-electron chi connectivity index (χ4n) is 3.27. The van der Waals surface area contributed by atoms with E-state index >= 15 is 0 Å². The molecule has 136 valence electrons. The molecule has 2 heteroatoms. The summed E-state index contributed by atoms with van der Waals surface area (Å²) in [6.45, 7) is 5.56. The molecule has 0 aliphatic carbocycles. The normalized spacial score (nSPS) is 10.6. The molecule has 4 rings (SSSR count). The molecule has 4 aromatic rings. The molecule has 0 atom stereocenters. The van der Waals surface area contributed by atoms with Crippen molar-refractivity contribution in [3.05, 3.63) is 127 Å². The lowest BCUT2D eigenvalue weighted by atomic mass is 10.1. The van der Waals surface area contributed by atoms with Gasteiger partial charge < -0.3 is 0 Å². The monoisotopic (exact) mass is 364 g/mol. The Balaban J connectivity index is 1.43. The first-order valence-corrected chi connectivity index (χ1v) is 9.54. The van der Waals surface area contributed by atoms with Crippen molar-refractivity contribution in [3.63, 3.8) is 0 Å². The molecular weight excluding hydrogens is 340 g/mol. The molecule has 0 unspecified atom stereocenters. The van der Waals surface area contributed by atoms with Crippen LogP contribution in [-0.2, 0) is 13.1 Å². The van der Waals surface area contributed by atoms with Crippen molar-refractivity contribution in [2.75, 3.05) is 0 Å². The molecule has 0 saturated carbocycles. The Hall–Kier alpha value is -3.52. The largest absolute Gasteiger partial charge is 0.201 e. The van der Waals surface area contributed by atoms with Crippen LogP contribution in [0.2, 0.25) is 0 Å². The highest BCUT2D eigenvalue weighted by molar-refractivity contribution is 5.61. The van der Waals surface area contributed by atoms with E-state index in [1.807, 2.05) is 6.08 Å². The van der Waals surface area contributed by atoms with Crippen LogP contribution in [0.15, 0.2) is 110 Å². The maximum Gasteiger partial charge on any atom is 0.173 e. The van der Waals surface area contributed by atoms with Crippen LogP contribution in [0.4, 0.5) is 0 Å². The molecule has 0 aliphatic heterocycles. The highest BCUT2D eigenvalue weighted by Gasteiger charge is 2.07. The van der Waals surface area contributed by atoms with E-state index in [1.165, 1.54) is 22.3 Å². The third-order valence-electron chi connectivity index (χ3n) is 4.90. The first-order valence-electron chi connectivity index (χ1n) is 9.54. The average Bonchev–Trinajstić information content (AvgIpc) is 2.76. The Morgan fingerprint density at radius 3 is 1.50 bits per heavy atom. The van der Waals surface area contributed by atoms with E-state index in [2.05, 4.69) is 119 Å². The number of aromatic nitrogens is 2. The zero-order valence-electron chi connectivity index (χ0n) is 15.9. The molecule has 2 heterocycles. The van der Waals surface area contributed by atoms with Gasteiger partial charge in [-0.2, -0.15) is 0 Å². The molecule has 0 radical (unpaired) electrons. The molecule has 0 aliphatic rings. The Morgan fingerprint density at radius 2 is 1.04 bits per heavy atom. The lowest BCUT2D eigenvalue weighted by Gasteiger charge is -2.03. The lowest BCUT2D eigenvalue weighted by Crippen LogP contribution is -2.33. The minimum Gasteiger partial charge on any atom is -0.201 e. The van der Waals surface area contributed by atoms with Crippen LogP contribution in [-0.4, -0.2) is 0 Å². The second-order valence-corrected chi connectivity index (χ2v) is 6.95. The van der Waals surface area contributed by atoms with E-state index in [-0.39, 0.29) is 0 Å². The van der Waals surface area contributed by atoms with E-state index in [9.17, 15) is 0 Å². The SMILES string of the molecule is C=Cc1ccc(C[n+]2ccc(-c3cc[n+](Cc4ccccc4)cc3)cc2)cc1. The predicted octanol–water partition coefficient (Wildman–Crippen LogP) is 4.67. The van der Waals surface area contributed by atoms with Crippen LogP contribution < -0.4 is 9.13 Å². The number of pyridine rings is 2. The van der Waals surface area contributed by atoms with Gasteiger partial charge in [0.05, 0.1) is 0 Å². The Labute approximate surface area is 166 Å². The van der Waals surface area contributed by atoms with Crippen molar-refractivity contribution in [1.82, 2.24) is 0 Å². The lowest BCUT2D eigenvalue weighted by molar-refractivity contribution is -0.688. The van der Waals surface area contributed by atoms with Gasteiger partial charge in [0.15, 0.2) is 37.9 Å². The molecule has 2 aromatic heterocycles. The van der Waals surface area contributed by atoms with Crippen LogP contribution in [0.1, 0.15) is 16.7 Å². The van der Waals surface area contributed by atoms with Gasteiger partial charge in [-0.15, -0.1) is 0 Å². The predicted molar refractivity (Wildman–Crippen MR) is 113 cm³/mol. The van der Waals surface area contributed by atoms with Crippen LogP contribution in [0.5, 0.6) is 0 Å². The van der Waals surface area contributed by atoms with Gasteiger partial charge in [0.1, 0.15) is 0 Å². The average molecular weight is 364 g/mol. The van der Waals surface area contributed by atoms with E-state index in [1.54, 1.807) is 0 Å². The summed E-state index contributed by atoms with van der Waals surface area (Å²) in [5, 5.41) is 0. The standard InChI is InChI=1S/C26H24N2/c1-2-22-8-10-24(11-9-22)21-28-18-14-26(15-19-28)25-12-16-27(17-13-25)20-23-6-4-3-5-7-23/h2-19H,1,20-21H2/q+2. The van der Waals surface area contributed by atoms with Crippen LogP contribution in [0.3, 0.4) is 0 Å². The number of benzene rings is 2. The van der Waals surface area contributed by atoms with E-state index in [0.717, 1.165) is 18.7 Å². The highest BCUT2D eigenvalue weighted by atomic mass is 14.9. The Bertz CT molecular complexity index is 1030. The molecule has 2 aromatic carbocycles. The molecule has 0 spiro atoms. The van der Waals surface area contributed by atoms with Gasteiger partial charge in [-0.05, 0) is 16.7 Å². The maximum atomic E-state index is 3.80. The topological polar surface area (TPSA) is 7.76 Å². The zero-order chi connectivity index (χ0) is 19.2. The van der Waals surface area contributed by atoms with Crippen molar-refractivity contribution in [1.29, 1.82) is 0 Å². The number of rotatable bonds is 6. The minimum atomic E-state index is 0.865. The molecule has 0 fully saturated rings. The second-order valence-electron chi connectivity index (χ2n) is 6.95. The highest BCUT2D eigenvalue weighted by Crippen LogP contribution is 2.16. The number of hydrogen-bond donors (Lipinski definition) is 0. The van der Waals surface area contributed by atoms with Gasteiger partial charge in [-0.25, -0.2) is 9.13 Å². The summed E-state index contributed by atoms with van der Waals surface area (Å²) in [4.78, 5) is 0. The van der Waals surface area contributed by atoms with Crippen LogP contribution >= 0.6 is 0 Å². The Morgan fingerprint density at radius 1 is 0.571 bits per heavy atom. The third-order valence-corrected chi connectivity index (χ3v) is 4.90. The number of nitrogens with zero attached hydrogens (tertiary/aromatic N) is 2. The molecular formula is C26H24N2+2. The van der Waals surface area contributed by atoms with E-state index in [4.69, 9.17) is 0 Å². The summed E-state index contributed by atoms with van der Waals surface area (Å²) in [5.74, 6) is 0. The number of hydrogen-bond acceptors (Lipinski definition) is 0. The van der Waals surface area contributed by atoms with Gasteiger partial charge in [-0.1, -0.05) is 67.3 Å². The van der Waals surface area contributed by atoms with Gasteiger partial charge in [-0.3, -0.25) is 0 Å². The van der Waals surface area contributed by atoms with E-state index < -0.39 is 0 Å².